The number of benzene rings is 1. The summed E-state index contributed by atoms with van der Waals surface area (Å²) in [5.74, 6) is 0.255. The topological polar surface area (TPSA) is 97.1 Å². The van der Waals surface area contributed by atoms with Crippen LogP contribution in [0, 0.1) is 5.41 Å². The average Bonchev–Trinajstić information content (AvgIpc) is 3.25. The van der Waals surface area contributed by atoms with Crippen molar-refractivity contribution in [1.82, 2.24) is 20.8 Å². The highest BCUT2D eigenvalue weighted by molar-refractivity contribution is 6.30. The van der Waals surface area contributed by atoms with Crippen molar-refractivity contribution in [2.45, 2.75) is 44.7 Å². The summed E-state index contributed by atoms with van der Waals surface area (Å²) in [5.41, 5.74) is -0.212. The molecule has 0 radical (unpaired) electrons. The number of hydrogen-bond donors (Lipinski definition) is 2. The zero-order chi connectivity index (χ0) is 18.1. The third kappa shape index (κ3) is 3.31. The smallest absolute Gasteiger partial charge is 0.246 e. The molecule has 8 heteroatoms. The van der Waals surface area contributed by atoms with Crippen molar-refractivity contribution in [3.05, 3.63) is 35.2 Å². The van der Waals surface area contributed by atoms with Crippen LogP contribution in [0.1, 0.15) is 38.0 Å². The summed E-state index contributed by atoms with van der Waals surface area (Å²) >= 11 is 5.97. The summed E-state index contributed by atoms with van der Waals surface area (Å²) in [5, 5.41) is 10.2. The van der Waals surface area contributed by atoms with Crippen LogP contribution in [0.5, 0.6) is 0 Å². The number of hydrogen-bond acceptors (Lipinski definition) is 5. The van der Waals surface area contributed by atoms with E-state index in [1.54, 1.807) is 18.2 Å². The van der Waals surface area contributed by atoms with E-state index in [1.165, 1.54) is 0 Å². The van der Waals surface area contributed by atoms with Crippen LogP contribution in [0.15, 0.2) is 28.8 Å². The molecule has 0 aliphatic heterocycles. The van der Waals surface area contributed by atoms with E-state index in [9.17, 15) is 9.59 Å². The van der Waals surface area contributed by atoms with Gasteiger partial charge in [-0.15, -0.1) is 0 Å². The third-order valence-corrected chi connectivity index (χ3v) is 5.18. The molecule has 0 spiro atoms. The summed E-state index contributed by atoms with van der Waals surface area (Å²) < 4.78 is 5.19. The Morgan fingerprint density at radius 1 is 1.27 bits per heavy atom. The van der Waals surface area contributed by atoms with Gasteiger partial charge in [-0.05, 0) is 37.8 Å². The molecular formula is C18H19ClN4O3. The molecule has 2 amide bonds. The Kier molecular flexibility index (Phi) is 4.40. The Balaban J connectivity index is 1.39. The molecule has 4 rings (SSSR count). The molecule has 0 bridgehead atoms. The van der Waals surface area contributed by atoms with Gasteiger partial charge in [0.15, 0.2) is 0 Å². The van der Waals surface area contributed by atoms with Gasteiger partial charge in [-0.3, -0.25) is 9.59 Å². The molecule has 136 valence electrons. The van der Waals surface area contributed by atoms with E-state index in [4.69, 9.17) is 16.1 Å². The predicted molar refractivity (Wildman–Crippen MR) is 94.0 cm³/mol. The van der Waals surface area contributed by atoms with Gasteiger partial charge in [0.25, 0.3) is 0 Å². The van der Waals surface area contributed by atoms with Gasteiger partial charge in [0.2, 0.25) is 23.5 Å². The third-order valence-electron chi connectivity index (χ3n) is 4.94. The molecule has 1 aromatic heterocycles. The number of carbonyl (C=O) groups is 2. The van der Waals surface area contributed by atoms with Gasteiger partial charge in [-0.1, -0.05) is 35.3 Å². The minimum atomic E-state index is -0.946. The normalized spacial score (nSPS) is 18.0. The second-order valence-corrected chi connectivity index (χ2v) is 7.32. The average molecular weight is 375 g/mol. The van der Waals surface area contributed by atoms with E-state index >= 15 is 0 Å². The van der Waals surface area contributed by atoms with Crippen LogP contribution < -0.4 is 10.6 Å². The van der Waals surface area contributed by atoms with Crippen LogP contribution in [0.4, 0.5) is 0 Å². The second kappa shape index (κ2) is 6.72. The number of aromatic nitrogens is 2. The van der Waals surface area contributed by atoms with Crippen molar-refractivity contribution >= 4 is 23.4 Å². The molecule has 2 aliphatic rings. The minimum Gasteiger partial charge on any atom is -0.352 e. The van der Waals surface area contributed by atoms with Crippen LogP contribution in [-0.2, 0) is 16.1 Å². The molecule has 2 N–H and O–H groups in total. The van der Waals surface area contributed by atoms with Gasteiger partial charge >= 0.3 is 0 Å². The standard InChI is InChI=1S/C18H19ClN4O3/c19-12-4-1-3-11(9-12)15-22-14(26-23-15)10-20-16(24)18(7-2-8-18)17(25)21-13-5-6-13/h1,3-4,9,13H,2,5-8,10H2,(H,20,24)(H,21,25). The molecular weight excluding hydrogens is 356 g/mol. The van der Waals surface area contributed by atoms with Gasteiger partial charge in [-0.2, -0.15) is 4.98 Å². The lowest BCUT2D eigenvalue weighted by Crippen LogP contribution is -2.55. The Labute approximate surface area is 155 Å². The molecule has 7 nitrogen and oxygen atoms in total. The van der Waals surface area contributed by atoms with Gasteiger partial charge in [0, 0.05) is 16.6 Å². The Morgan fingerprint density at radius 2 is 2.08 bits per heavy atom. The number of halogens is 1. The summed E-state index contributed by atoms with van der Waals surface area (Å²) in [7, 11) is 0. The van der Waals surface area contributed by atoms with Gasteiger partial charge in [0.05, 0.1) is 6.54 Å². The molecule has 0 unspecified atom stereocenters. The predicted octanol–water partition coefficient (Wildman–Crippen LogP) is 2.46. The quantitative estimate of drug-likeness (QED) is 0.757. The van der Waals surface area contributed by atoms with Crippen molar-refractivity contribution in [2.75, 3.05) is 0 Å². The SMILES string of the molecule is O=C(NCc1nc(-c2cccc(Cl)c2)no1)C1(C(=O)NC2CC2)CCC1. The van der Waals surface area contributed by atoms with Crippen molar-refractivity contribution in [3.63, 3.8) is 0 Å². The van der Waals surface area contributed by atoms with E-state index in [-0.39, 0.29) is 30.3 Å². The van der Waals surface area contributed by atoms with Crippen molar-refractivity contribution in [1.29, 1.82) is 0 Å². The first-order valence-electron chi connectivity index (χ1n) is 8.75. The molecule has 2 aromatic rings. The number of nitrogens with zero attached hydrogens (tertiary/aromatic N) is 2. The fourth-order valence-corrected chi connectivity index (χ4v) is 3.23. The first-order chi connectivity index (χ1) is 12.6. The molecule has 0 atom stereocenters. The highest BCUT2D eigenvalue weighted by atomic mass is 35.5. The maximum absolute atomic E-state index is 12.6. The largest absolute Gasteiger partial charge is 0.352 e. The van der Waals surface area contributed by atoms with Crippen LogP contribution in [0.25, 0.3) is 11.4 Å². The summed E-state index contributed by atoms with van der Waals surface area (Å²) in [4.78, 5) is 29.3. The first-order valence-corrected chi connectivity index (χ1v) is 9.12. The molecule has 2 saturated carbocycles. The lowest BCUT2D eigenvalue weighted by atomic mass is 9.67. The highest BCUT2D eigenvalue weighted by Gasteiger charge is 2.51. The summed E-state index contributed by atoms with van der Waals surface area (Å²) in [6.07, 6.45) is 4.03. The summed E-state index contributed by atoms with van der Waals surface area (Å²) in [6, 6.07) is 7.36. The fraction of sp³-hybridized carbons (Fsp3) is 0.444. The van der Waals surface area contributed by atoms with Gasteiger partial charge in [0.1, 0.15) is 5.41 Å². The fourth-order valence-electron chi connectivity index (χ4n) is 3.04. The Hall–Kier alpha value is -2.41. The molecule has 0 saturated heterocycles. The maximum Gasteiger partial charge on any atom is 0.246 e. The lowest BCUT2D eigenvalue weighted by Gasteiger charge is -2.38. The van der Waals surface area contributed by atoms with Gasteiger partial charge < -0.3 is 15.2 Å². The van der Waals surface area contributed by atoms with Crippen molar-refractivity contribution in [3.8, 4) is 11.4 Å². The van der Waals surface area contributed by atoms with Crippen molar-refractivity contribution in [2.24, 2.45) is 5.41 Å². The Morgan fingerprint density at radius 3 is 2.73 bits per heavy atom. The van der Waals surface area contributed by atoms with E-state index in [1.807, 2.05) is 6.07 Å². The zero-order valence-electron chi connectivity index (χ0n) is 14.1. The number of amides is 2. The monoisotopic (exact) mass is 374 g/mol. The molecule has 26 heavy (non-hydrogen) atoms. The minimum absolute atomic E-state index is 0.0882. The number of carbonyl (C=O) groups excluding carboxylic acids is 2. The number of nitrogens with one attached hydrogen (secondary N) is 2. The van der Waals surface area contributed by atoms with Gasteiger partial charge in [-0.25, -0.2) is 0 Å². The summed E-state index contributed by atoms with van der Waals surface area (Å²) in [6.45, 7) is 0.0882. The molecule has 1 heterocycles. The van der Waals surface area contributed by atoms with Crippen LogP contribution in [0.3, 0.4) is 0 Å². The van der Waals surface area contributed by atoms with Crippen molar-refractivity contribution < 1.29 is 14.1 Å². The molecule has 1 aromatic carbocycles. The van der Waals surface area contributed by atoms with E-state index < -0.39 is 5.41 Å². The lowest BCUT2D eigenvalue weighted by molar-refractivity contribution is -0.149. The first kappa shape index (κ1) is 17.0. The molecule has 2 aliphatic carbocycles. The number of rotatable bonds is 6. The van der Waals surface area contributed by atoms with Crippen LogP contribution >= 0.6 is 11.6 Å². The van der Waals surface area contributed by atoms with E-state index in [0.717, 1.165) is 24.8 Å². The Bertz CT molecular complexity index is 842. The van der Waals surface area contributed by atoms with E-state index in [0.29, 0.717) is 23.7 Å². The van der Waals surface area contributed by atoms with Crippen LogP contribution in [-0.4, -0.2) is 28.0 Å². The highest BCUT2D eigenvalue weighted by Crippen LogP contribution is 2.42. The molecule has 2 fully saturated rings. The maximum atomic E-state index is 12.6. The van der Waals surface area contributed by atoms with Crippen LogP contribution in [0.2, 0.25) is 5.02 Å². The zero-order valence-corrected chi connectivity index (χ0v) is 14.9. The second-order valence-electron chi connectivity index (χ2n) is 6.89. The van der Waals surface area contributed by atoms with E-state index in [2.05, 4.69) is 20.8 Å².